The molecule has 6 heteroatoms. The first kappa shape index (κ1) is 16.8. The lowest BCUT2D eigenvalue weighted by atomic mass is 10.0. The van der Waals surface area contributed by atoms with Gasteiger partial charge >= 0.3 is 0 Å². The van der Waals surface area contributed by atoms with Crippen molar-refractivity contribution in [3.8, 4) is 11.5 Å². The van der Waals surface area contributed by atoms with Gasteiger partial charge in [0.25, 0.3) is 0 Å². The van der Waals surface area contributed by atoms with Crippen LogP contribution in [0.4, 0.5) is 0 Å². The lowest BCUT2D eigenvalue weighted by Crippen LogP contribution is -2.21. The zero-order valence-electron chi connectivity index (χ0n) is 13.8. The van der Waals surface area contributed by atoms with Crippen molar-refractivity contribution in [1.82, 2.24) is 15.5 Å². The Balaban J connectivity index is 1.53. The monoisotopic (exact) mass is 409 g/mol. The Bertz CT molecular complexity index is 968. The molecular weight excluding hydrogens is 394 g/mol. The van der Waals surface area contributed by atoms with E-state index in [2.05, 4.69) is 43.6 Å². The van der Waals surface area contributed by atoms with Crippen LogP contribution >= 0.6 is 15.9 Å². The molecule has 0 aliphatic carbocycles. The third-order valence-electron chi connectivity index (χ3n) is 3.99. The molecule has 1 N–H and O–H groups in total. The molecule has 0 aliphatic rings. The van der Waals surface area contributed by atoms with Crippen LogP contribution in [0, 0.1) is 0 Å². The molecule has 0 fully saturated rings. The van der Waals surface area contributed by atoms with Crippen LogP contribution in [0.1, 0.15) is 23.3 Å². The van der Waals surface area contributed by atoms with E-state index in [1.54, 1.807) is 6.26 Å². The Kier molecular flexibility index (Phi) is 4.95. The van der Waals surface area contributed by atoms with Crippen molar-refractivity contribution in [2.24, 2.45) is 0 Å². The molecule has 0 saturated heterocycles. The fourth-order valence-electron chi connectivity index (χ4n) is 2.74. The van der Waals surface area contributed by atoms with Crippen molar-refractivity contribution in [1.29, 1.82) is 0 Å². The molecule has 0 aliphatic heterocycles. The van der Waals surface area contributed by atoms with E-state index in [-0.39, 0.29) is 6.04 Å². The predicted molar refractivity (Wildman–Crippen MR) is 101 cm³/mol. The number of nitrogens with zero attached hydrogens (tertiary/aromatic N) is 2. The second-order valence-electron chi connectivity index (χ2n) is 5.72. The van der Waals surface area contributed by atoms with Crippen molar-refractivity contribution in [3.63, 3.8) is 0 Å². The Morgan fingerprint density at radius 3 is 2.50 bits per heavy atom. The maximum atomic E-state index is 5.81. The highest BCUT2D eigenvalue weighted by Crippen LogP contribution is 2.27. The minimum Gasteiger partial charge on any atom is -0.467 e. The summed E-state index contributed by atoms with van der Waals surface area (Å²) in [5.41, 5.74) is 1.98. The van der Waals surface area contributed by atoms with Crippen LogP contribution in [-0.4, -0.2) is 10.2 Å². The average Bonchev–Trinajstić information content (AvgIpc) is 3.36. The minimum atomic E-state index is -0.0926. The van der Waals surface area contributed by atoms with E-state index in [1.165, 1.54) is 0 Å². The van der Waals surface area contributed by atoms with Crippen molar-refractivity contribution >= 4 is 15.9 Å². The predicted octanol–water partition coefficient (Wildman–Crippen LogP) is 4.97. The molecule has 4 rings (SSSR count). The number of halogens is 1. The number of nitrogens with one attached hydrogen (secondary N) is 1. The van der Waals surface area contributed by atoms with Gasteiger partial charge in [0.15, 0.2) is 0 Å². The van der Waals surface area contributed by atoms with Gasteiger partial charge in [-0.15, -0.1) is 10.2 Å². The topological polar surface area (TPSA) is 64.1 Å². The number of furan rings is 1. The van der Waals surface area contributed by atoms with Crippen molar-refractivity contribution in [3.05, 3.63) is 94.7 Å². The van der Waals surface area contributed by atoms with E-state index in [1.807, 2.05) is 54.6 Å². The fraction of sp³-hybridized carbons (Fsp3) is 0.100. The van der Waals surface area contributed by atoms with Gasteiger partial charge in [0.05, 0.1) is 24.4 Å². The summed E-state index contributed by atoms with van der Waals surface area (Å²) in [7, 11) is 0. The Morgan fingerprint density at radius 2 is 1.73 bits per heavy atom. The van der Waals surface area contributed by atoms with Crippen LogP contribution in [0.2, 0.25) is 0 Å². The lowest BCUT2D eigenvalue weighted by molar-refractivity contribution is 0.416. The standard InChI is InChI=1S/C20H16BrN3O2/c21-16-10-5-4-9-15(16)20-24-23-18(26-20)13-22-19(17-11-6-12-25-17)14-7-2-1-3-8-14/h1-12,19,22H,13H2/t19-/m1/s1. The highest BCUT2D eigenvalue weighted by molar-refractivity contribution is 9.10. The summed E-state index contributed by atoms with van der Waals surface area (Å²) in [5.74, 6) is 1.84. The largest absolute Gasteiger partial charge is 0.467 e. The molecule has 2 aromatic heterocycles. The van der Waals surface area contributed by atoms with Gasteiger partial charge in [-0.1, -0.05) is 42.5 Å². The summed E-state index contributed by atoms with van der Waals surface area (Å²) in [6.07, 6.45) is 1.67. The number of rotatable bonds is 6. The molecule has 4 aromatic rings. The SMILES string of the molecule is Brc1ccccc1-c1nnc(CN[C@H](c2ccccc2)c2ccco2)o1. The van der Waals surface area contributed by atoms with Crippen LogP contribution in [-0.2, 0) is 6.54 Å². The first-order chi connectivity index (χ1) is 12.8. The molecule has 2 aromatic carbocycles. The molecule has 26 heavy (non-hydrogen) atoms. The first-order valence-electron chi connectivity index (χ1n) is 8.20. The number of benzene rings is 2. The van der Waals surface area contributed by atoms with Crippen LogP contribution in [0.15, 0.2) is 86.3 Å². The van der Waals surface area contributed by atoms with E-state index in [4.69, 9.17) is 8.83 Å². The molecule has 5 nitrogen and oxygen atoms in total. The highest BCUT2D eigenvalue weighted by Gasteiger charge is 2.18. The van der Waals surface area contributed by atoms with Crippen LogP contribution in [0.5, 0.6) is 0 Å². The highest BCUT2D eigenvalue weighted by atomic mass is 79.9. The smallest absolute Gasteiger partial charge is 0.248 e. The molecular formula is C20H16BrN3O2. The molecule has 0 amide bonds. The van der Waals surface area contributed by atoms with Gasteiger partial charge in [-0.3, -0.25) is 5.32 Å². The van der Waals surface area contributed by atoms with Gasteiger partial charge in [0.2, 0.25) is 11.8 Å². The summed E-state index contributed by atoms with van der Waals surface area (Å²) in [4.78, 5) is 0. The van der Waals surface area contributed by atoms with E-state index >= 15 is 0 Å². The molecule has 0 bridgehead atoms. The Hall–Kier alpha value is -2.70. The molecule has 130 valence electrons. The van der Waals surface area contributed by atoms with Gasteiger partial charge in [-0.2, -0.15) is 0 Å². The van der Waals surface area contributed by atoms with E-state index < -0.39 is 0 Å². The molecule has 0 radical (unpaired) electrons. The van der Waals surface area contributed by atoms with Gasteiger partial charge in [-0.05, 0) is 45.8 Å². The first-order valence-corrected chi connectivity index (χ1v) is 8.99. The second-order valence-corrected chi connectivity index (χ2v) is 6.58. The van der Waals surface area contributed by atoms with Crippen LogP contribution in [0.3, 0.4) is 0 Å². The average molecular weight is 410 g/mol. The lowest BCUT2D eigenvalue weighted by Gasteiger charge is -2.15. The van der Waals surface area contributed by atoms with Crippen molar-refractivity contribution in [2.75, 3.05) is 0 Å². The third-order valence-corrected chi connectivity index (χ3v) is 4.68. The van der Waals surface area contributed by atoms with Crippen molar-refractivity contribution < 1.29 is 8.83 Å². The number of aromatic nitrogens is 2. The summed E-state index contributed by atoms with van der Waals surface area (Å²) >= 11 is 3.51. The molecule has 1 atom stereocenters. The Labute approximate surface area is 159 Å². The zero-order valence-corrected chi connectivity index (χ0v) is 15.4. The maximum Gasteiger partial charge on any atom is 0.248 e. The van der Waals surface area contributed by atoms with Gasteiger partial charge in [0.1, 0.15) is 5.76 Å². The molecule has 0 spiro atoms. The van der Waals surface area contributed by atoms with E-state index in [0.717, 1.165) is 21.4 Å². The summed E-state index contributed by atoms with van der Waals surface area (Å²) in [5, 5.41) is 11.7. The normalized spacial score (nSPS) is 12.2. The molecule has 0 saturated carbocycles. The van der Waals surface area contributed by atoms with Crippen molar-refractivity contribution in [2.45, 2.75) is 12.6 Å². The third kappa shape index (κ3) is 3.61. The molecule has 0 unspecified atom stereocenters. The summed E-state index contributed by atoms with van der Waals surface area (Å²) < 4.78 is 12.3. The zero-order chi connectivity index (χ0) is 17.8. The Morgan fingerprint density at radius 1 is 0.923 bits per heavy atom. The van der Waals surface area contributed by atoms with Crippen LogP contribution < -0.4 is 5.32 Å². The van der Waals surface area contributed by atoms with Gasteiger partial charge in [0, 0.05) is 4.47 Å². The van der Waals surface area contributed by atoms with E-state index in [0.29, 0.717) is 18.3 Å². The maximum absolute atomic E-state index is 5.81. The number of hydrogen-bond donors (Lipinski definition) is 1. The summed E-state index contributed by atoms with van der Waals surface area (Å²) in [6, 6.07) is 21.6. The van der Waals surface area contributed by atoms with Gasteiger partial charge in [-0.25, -0.2) is 0 Å². The number of hydrogen-bond acceptors (Lipinski definition) is 5. The molecule has 2 heterocycles. The quantitative estimate of drug-likeness (QED) is 0.486. The van der Waals surface area contributed by atoms with Crippen LogP contribution in [0.25, 0.3) is 11.5 Å². The van der Waals surface area contributed by atoms with Gasteiger partial charge < -0.3 is 8.83 Å². The second kappa shape index (κ2) is 7.68. The minimum absolute atomic E-state index is 0.0926. The summed E-state index contributed by atoms with van der Waals surface area (Å²) in [6.45, 7) is 0.428. The fourth-order valence-corrected chi connectivity index (χ4v) is 3.20. The van der Waals surface area contributed by atoms with E-state index in [9.17, 15) is 0 Å².